The van der Waals surface area contributed by atoms with Gasteiger partial charge in [-0.3, -0.25) is 9.88 Å². The maximum absolute atomic E-state index is 9.24. The zero-order valence-electron chi connectivity index (χ0n) is 9.69. The van der Waals surface area contributed by atoms with E-state index in [1.54, 1.807) is 0 Å². The second kappa shape index (κ2) is 5.27. The van der Waals surface area contributed by atoms with E-state index in [0.717, 1.165) is 30.9 Å². The first-order chi connectivity index (χ1) is 7.83. The Morgan fingerprint density at radius 3 is 3.25 bits per heavy atom. The summed E-state index contributed by atoms with van der Waals surface area (Å²) in [5.74, 6) is 0. The number of aliphatic hydroxyl groups excluding tert-OH is 1. The van der Waals surface area contributed by atoms with E-state index in [0.29, 0.717) is 6.04 Å². The van der Waals surface area contributed by atoms with Gasteiger partial charge in [0.1, 0.15) is 0 Å². The third kappa shape index (κ3) is 2.51. The lowest BCUT2D eigenvalue weighted by atomic mass is 10.2. The topological polar surface area (TPSA) is 48.4 Å². The van der Waals surface area contributed by atoms with Crippen molar-refractivity contribution in [1.82, 2.24) is 9.88 Å². The summed E-state index contributed by atoms with van der Waals surface area (Å²) in [5.41, 5.74) is 2.15. The average Bonchev–Trinajstić information content (AvgIpc) is 2.76. The Bertz CT molecular complexity index is 343. The van der Waals surface area contributed by atoms with Gasteiger partial charge in [0.15, 0.2) is 0 Å². The molecule has 0 aliphatic carbocycles. The highest BCUT2D eigenvalue weighted by atomic mass is 16.3. The molecule has 4 nitrogen and oxygen atoms in total. The Morgan fingerprint density at radius 1 is 1.62 bits per heavy atom. The van der Waals surface area contributed by atoms with Gasteiger partial charge in [-0.05, 0) is 31.5 Å². The van der Waals surface area contributed by atoms with Crippen LogP contribution in [0.5, 0.6) is 0 Å². The number of aromatic nitrogens is 1. The molecule has 88 valence electrons. The molecule has 1 saturated heterocycles. The molecule has 1 aliphatic rings. The smallest absolute Gasteiger partial charge is 0.0587 e. The van der Waals surface area contributed by atoms with Gasteiger partial charge in [-0.1, -0.05) is 0 Å². The predicted molar refractivity (Wildman–Crippen MR) is 64.3 cm³/mol. The molecule has 2 heterocycles. The highest BCUT2D eigenvalue weighted by Gasteiger charge is 2.23. The fourth-order valence-corrected chi connectivity index (χ4v) is 2.24. The number of rotatable bonds is 4. The Kier molecular flexibility index (Phi) is 3.74. The largest absolute Gasteiger partial charge is 0.395 e. The molecule has 2 rings (SSSR count). The minimum Gasteiger partial charge on any atom is -0.395 e. The second-order valence-electron chi connectivity index (χ2n) is 4.23. The average molecular weight is 221 g/mol. The Morgan fingerprint density at radius 2 is 2.50 bits per heavy atom. The monoisotopic (exact) mass is 221 g/mol. The molecule has 2 N–H and O–H groups in total. The van der Waals surface area contributed by atoms with Crippen LogP contribution in [0.25, 0.3) is 0 Å². The third-order valence-electron chi connectivity index (χ3n) is 3.18. The third-order valence-corrected chi connectivity index (χ3v) is 3.18. The molecule has 1 fully saturated rings. The normalized spacial score (nSPS) is 21.2. The number of nitrogens with zero attached hydrogens (tertiary/aromatic N) is 2. The van der Waals surface area contributed by atoms with Crippen molar-refractivity contribution in [1.29, 1.82) is 0 Å². The van der Waals surface area contributed by atoms with Crippen molar-refractivity contribution in [3.05, 3.63) is 24.0 Å². The van der Waals surface area contributed by atoms with Crippen molar-refractivity contribution in [2.24, 2.45) is 0 Å². The van der Waals surface area contributed by atoms with E-state index in [9.17, 15) is 5.11 Å². The van der Waals surface area contributed by atoms with Crippen molar-refractivity contribution < 1.29 is 5.11 Å². The summed E-state index contributed by atoms with van der Waals surface area (Å²) in [6.45, 7) is 2.16. The SMILES string of the molecule is CNc1ccnc(CN2CCCC2CO)c1. The van der Waals surface area contributed by atoms with Crippen molar-refractivity contribution in [2.45, 2.75) is 25.4 Å². The van der Waals surface area contributed by atoms with Gasteiger partial charge in [0.05, 0.1) is 12.3 Å². The summed E-state index contributed by atoms with van der Waals surface area (Å²) >= 11 is 0. The Balaban J connectivity index is 2.02. The summed E-state index contributed by atoms with van der Waals surface area (Å²) < 4.78 is 0. The van der Waals surface area contributed by atoms with Crippen LogP contribution in [0.4, 0.5) is 5.69 Å². The number of pyridine rings is 1. The van der Waals surface area contributed by atoms with Crippen molar-refractivity contribution in [3.8, 4) is 0 Å². The lowest BCUT2D eigenvalue weighted by molar-refractivity contribution is 0.152. The maximum atomic E-state index is 9.24. The molecule has 1 aromatic heterocycles. The van der Waals surface area contributed by atoms with E-state index in [-0.39, 0.29) is 6.61 Å². The molecule has 0 saturated carbocycles. The number of anilines is 1. The van der Waals surface area contributed by atoms with Crippen LogP contribution in [-0.2, 0) is 6.54 Å². The summed E-state index contributed by atoms with van der Waals surface area (Å²) in [7, 11) is 1.91. The number of hydrogen-bond acceptors (Lipinski definition) is 4. The van der Waals surface area contributed by atoms with Gasteiger partial charge in [-0.2, -0.15) is 0 Å². The summed E-state index contributed by atoms with van der Waals surface area (Å²) in [4.78, 5) is 6.66. The molecule has 1 unspecified atom stereocenters. The van der Waals surface area contributed by atoms with E-state index >= 15 is 0 Å². The van der Waals surface area contributed by atoms with Gasteiger partial charge in [-0.15, -0.1) is 0 Å². The summed E-state index contributed by atoms with van der Waals surface area (Å²) in [6.07, 6.45) is 4.10. The fraction of sp³-hybridized carbons (Fsp3) is 0.583. The van der Waals surface area contributed by atoms with E-state index in [1.165, 1.54) is 6.42 Å². The Labute approximate surface area is 96.3 Å². The van der Waals surface area contributed by atoms with E-state index < -0.39 is 0 Å². The second-order valence-corrected chi connectivity index (χ2v) is 4.23. The van der Waals surface area contributed by atoms with Crippen LogP contribution < -0.4 is 5.32 Å². The highest BCUT2D eigenvalue weighted by Crippen LogP contribution is 2.19. The summed E-state index contributed by atoms with van der Waals surface area (Å²) in [6, 6.07) is 4.34. The quantitative estimate of drug-likeness (QED) is 0.799. The molecule has 16 heavy (non-hydrogen) atoms. The standard InChI is InChI=1S/C12H19N3O/c1-13-10-4-5-14-11(7-10)8-15-6-2-3-12(15)9-16/h4-5,7,12,16H,2-3,6,8-9H2,1H3,(H,13,14). The zero-order valence-corrected chi connectivity index (χ0v) is 9.69. The lowest BCUT2D eigenvalue weighted by Crippen LogP contribution is -2.31. The molecule has 1 aliphatic heterocycles. The van der Waals surface area contributed by atoms with E-state index in [1.807, 2.05) is 19.3 Å². The zero-order chi connectivity index (χ0) is 11.4. The molecule has 1 atom stereocenters. The first-order valence-corrected chi connectivity index (χ1v) is 5.81. The van der Waals surface area contributed by atoms with Gasteiger partial charge in [0.2, 0.25) is 0 Å². The molecular weight excluding hydrogens is 202 g/mol. The predicted octanol–water partition coefficient (Wildman–Crippen LogP) is 1.08. The fourth-order valence-electron chi connectivity index (χ4n) is 2.24. The van der Waals surface area contributed by atoms with Gasteiger partial charge in [-0.25, -0.2) is 0 Å². The van der Waals surface area contributed by atoms with Crippen molar-refractivity contribution in [2.75, 3.05) is 25.5 Å². The number of hydrogen-bond donors (Lipinski definition) is 2. The van der Waals surface area contributed by atoms with E-state index in [2.05, 4.69) is 21.3 Å². The van der Waals surface area contributed by atoms with Crippen molar-refractivity contribution >= 4 is 5.69 Å². The van der Waals surface area contributed by atoms with Gasteiger partial charge < -0.3 is 10.4 Å². The summed E-state index contributed by atoms with van der Waals surface area (Å²) in [5, 5.41) is 12.4. The molecule has 0 aromatic carbocycles. The van der Waals surface area contributed by atoms with Gasteiger partial charge >= 0.3 is 0 Å². The van der Waals surface area contributed by atoms with Gasteiger partial charge in [0.25, 0.3) is 0 Å². The highest BCUT2D eigenvalue weighted by molar-refractivity contribution is 5.42. The van der Waals surface area contributed by atoms with Crippen LogP contribution in [0.1, 0.15) is 18.5 Å². The number of aliphatic hydroxyl groups is 1. The Hall–Kier alpha value is -1.13. The van der Waals surface area contributed by atoms with Crippen LogP contribution in [0.2, 0.25) is 0 Å². The maximum Gasteiger partial charge on any atom is 0.0587 e. The minimum atomic E-state index is 0.256. The first-order valence-electron chi connectivity index (χ1n) is 5.81. The molecule has 0 spiro atoms. The van der Waals surface area contributed by atoms with Gasteiger partial charge in [0, 0.05) is 31.5 Å². The van der Waals surface area contributed by atoms with Crippen LogP contribution in [0.3, 0.4) is 0 Å². The van der Waals surface area contributed by atoms with Crippen LogP contribution in [0, 0.1) is 0 Å². The first kappa shape index (κ1) is 11.4. The molecule has 0 amide bonds. The molecule has 1 aromatic rings. The molecule has 0 radical (unpaired) electrons. The number of nitrogens with one attached hydrogen (secondary N) is 1. The van der Waals surface area contributed by atoms with Crippen LogP contribution in [0.15, 0.2) is 18.3 Å². The minimum absolute atomic E-state index is 0.256. The van der Waals surface area contributed by atoms with Crippen LogP contribution >= 0.6 is 0 Å². The van der Waals surface area contributed by atoms with E-state index in [4.69, 9.17) is 0 Å². The molecular formula is C12H19N3O. The van der Waals surface area contributed by atoms with Crippen molar-refractivity contribution in [3.63, 3.8) is 0 Å². The lowest BCUT2D eigenvalue weighted by Gasteiger charge is -2.22. The number of likely N-dealkylation sites (tertiary alicyclic amines) is 1. The van der Waals surface area contributed by atoms with Crippen LogP contribution in [-0.4, -0.2) is 41.2 Å². The molecule has 4 heteroatoms. The molecule has 0 bridgehead atoms.